The molecule has 114 valence electrons. The second-order valence-electron chi connectivity index (χ2n) is 5.74. The minimum absolute atomic E-state index is 0.0297. The molecule has 1 saturated heterocycles. The van der Waals surface area contributed by atoms with E-state index in [1.165, 1.54) is 12.1 Å². The zero-order chi connectivity index (χ0) is 15.4. The Bertz CT molecular complexity index is 514. The van der Waals surface area contributed by atoms with E-state index in [1.807, 2.05) is 13.8 Å². The third-order valence-electron chi connectivity index (χ3n) is 3.75. The Morgan fingerprint density at radius 1 is 1.29 bits per heavy atom. The van der Waals surface area contributed by atoms with E-state index in [4.69, 9.17) is 0 Å². The van der Waals surface area contributed by atoms with Crippen molar-refractivity contribution in [2.75, 3.05) is 13.1 Å². The summed E-state index contributed by atoms with van der Waals surface area (Å²) in [5.41, 5.74) is 0.980. The molecule has 2 amide bonds. The summed E-state index contributed by atoms with van der Waals surface area (Å²) < 4.78 is 12.9. The molecule has 0 bridgehead atoms. The first kappa shape index (κ1) is 15.5. The molecule has 0 saturated carbocycles. The van der Waals surface area contributed by atoms with E-state index in [0.717, 1.165) is 5.56 Å². The van der Waals surface area contributed by atoms with Crippen molar-refractivity contribution < 1.29 is 14.0 Å². The molecule has 4 nitrogen and oxygen atoms in total. The van der Waals surface area contributed by atoms with Crippen LogP contribution in [0.5, 0.6) is 0 Å². The molecular formula is C16H21FN2O2. The summed E-state index contributed by atoms with van der Waals surface area (Å²) in [6, 6.07) is 5.83. The van der Waals surface area contributed by atoms with Crippen molar-refractivity contribution in [1.29, 1.82) is 0 Å². The van der Waals surface area contributed by atoms with Crippen molar-refractivity contribution >= 4 is 11.8 Å². The number of amides is 2. The molecule has 1 fully saturated rings. The van der Waals surface area contributed by atoms with E-state index < -0.39 is 6.04 Å². The normalized spacial score (nSPS) is 19.6. The molecule has 1 N–H and O–H groups in total. The summed E-state index contributed by atoms with van der Waals surface area (Å²) >= 11 is 0. The van der Waals surface area contributed by atoms with Gasteiger partial charge >= 0.3 is 0 Å². The lowest BCUT2D eigenvalue weighted by molar-refractivity contribution is -0.134. The first-order valence-corrected chi connectivity index (χ1v) is 7.30. The number of carbonyl (C=O) groups excluding carboxylic acids is 2. The van der Waals surface area contributed by atoms with Crippen LogP contribution in [0.2, 0.25) is 0 Å². The summed E-state index contributed by atoms with van der Waals surface area (Å²) in [4.78, 5) is 25.9. The van der Waals surface area contributed by atoms with Crippen molar-refractivity contribution in [1.82, 2.24) is 10.2 Å². The van der Waals surface area contributed by atoms with E-state index in [0.29, 0.717) is 25.9 Å². The van der Waals surface area contributed by atoms with Gasteiger partial charge in [-0.05, 0) is 30.0 Å². The predicted molar refractivity (Wildman–Crippen MR) is 78.1 cm³/mol. The van der Waals surface area contributed by atoms with Crippen molar-refractivity contribution in [3.05, 3.63) is 35.6 Å². The lowest BCUT2D eigenvalue weighted by Gasteiger charge is -2.26. The molecule has 1 atom stereocenters. The lowest BCUT2D eigenvalue weighted by Crippen LogP contribution is -2.48. The molecule has 21 heavy (non-hydrogen) atoms. The average Bonchev–Trinajstić information content (AvgIpc) is 2.59. The van der Waals surface area contributed by atoms with Crippen LogP contribution in [0.4, 0.5) is 4.39 Å². The number of carbonyl (C=O) groups is 2. The molecule has 0 radical (unpaired) electrons. The monoisotopic (exact) mass is 292 g/mol. The van der Waals surface area contributed by atoms with Crippen LogP contribution in [-0.2, 0) is 16.0 Å². The van der Waals surface area contributed by atoms with Gasteiger partial charge in [0.15, 0.2) is 0 Å². The molecule has 1 heterocycles. The van der Waals surface area contributed by atoms with E-state index in [2.05, 4.69) is 5.32 Å². The highest BCUT2D eigenvalue weighted by Crippen LogP contribution is 2.12. The van der Waals surface area contributed by atoms with Gasteiger partial charge in [0, 0.05) is 19.5 Å². The van der Waals surface area contributed by atoms with Crippen molar-refractivity contribution in [3.8, 4) is 0 Å². The van der Waals surface area contributed by atoms with Gasteiger partial charge in [-0.15, -0.1) is 0 Å². The number of hydrogen-bond donors (Lipinski definition) is 1. The van der Waals surface area contributed by atoms with Crippen LogP contribution < -0.4 is 5.32 Å². The Morgan fingerprint density at radius 3 is 2.57 bits per heavy atom. The Labute approximate surface area is 124 Å². The lowest BCUT2D eigenvalue weighted by atomic mass is 10.0. The van der Waals surface area contributed by atoms with Gasteiger partial charge in [-0.3, -0.25) is 9.59 Å². The molecule has 1 aromatic carbocycles. The minimum atomic E-state index is -0.451. The number of nitrogens with zero attached hydrogens (tertiary/aromatic N) is 1. The Kier molecular flexibility index (Phi) is 4.94. The first-order chi connectivity index (χ1) is 9.97. The van der Waals surface area contributed by atoms with Gasteiger partial charge in [-0.1, -0.05) is 26.0 Å². The molecule has 0 aromatic heterocycles. The van der Waals surface area contributed by atoms with Gasteiger partial charge in [0.25, 0.3) is 0 Å². The van der Waals surface area contributed by atoms with E-state index in [1.54, 1.807) is 17.0 Å². The molecular weight excluding hydrogens is 271 g/mol. The highest BCUT2D eigenvalue weighted by molar-refractivity contribution is 5.90. The molecule has 0 spiro atoms. The third-order valence-corrected chi connectivity index (χ3v) is 3.75. The zero-order valence-corrected chi connectivity index (χ0v) is 12.4. The van der Waals surface area contributed by atoms with Crippen LogP contribution in [-0.4, -0.2) is 35.8 Å². The number of rotatable bonds is 4. The topological polar surface area (TPSA) is 49.4 Å². The minimum Gasteiger partial charge on any atom is -0.344 e. The van der Waals surface area contributed by atoms with Gasteiger partial charge in [0.1, 0.15) is 11.9 Å². The van der Waals surface area contributed by atoms with E-state index >= 15 is 0 Å². The number of benzene rings is 1. The SMILES string of the molecule is CC(C)C1NC(=O)CCN(CCc2ccc(F)cc2)C1=O. The van der Waals surface area contributed by atoms with Crippen molar-refractivity contribution in [2.45, 2.75) is 32.7 Å². The Hall–Kier alpha value is -1.91. The molecule has 5 heteroatoms. The molecule has 1 aliphatic rings. The third kappa shape index (κ3) is 4.03. The Morgan fingerprint density at radius 2 is 1.95 bits per heavy atom. The van der Waals surface area contributed by atoms with Crippen LogP contribution in [0.3, 0.4) is 0 Å². The maximum absolute atomic E-state index is 12.9. The van der Waals surface area contributed by atoms with Gasteiger partial charge in [-0.2, -0.15) is 0 Å². The van der Waals surface area contributed by atoms with Crippen LogP contribution in [0, 0.1) is 11.7 Å². The predicted octanol–water partition coefficient (Wildman–Crippen LogP) is 1.74. The van der Waals surface area contributed by atoms with E-state index in [9.17, 15) is 14.0 Å². The van der Waals surface area contributed by atoms with E-state index in [-0.39, 0.29) is 23.5 Å². The average molecular weight is 292 g/mol. The van der Waals surface area contributed by atoms with Crippen molar-refractivity contribution in [2.24, 2.45) is 5.92 Å². The van der Waals surface area contributed by atoms with Gasteiger partial charge in [0.05, 0.1) is 0 Å². The smallest absolute Gasteiger partial charge is 0.245 e. The summed E-state index contributed by atoms with van der Waals surface area (Å²) in [7, 11) is 0. The van der Waals surface area contributed by atoms with Crippen LogP contribution in [0.25, 0.3) is 0 Å². The summed E-state index contributed by atoms with van der Waals surface area (Å²) in [5, 5.41) is 2.78. The fourth-order valence-corrected chi connectivity index (χ4v) is 2.44. The fourth-order valence-electron chi connectivity index (χ4n) is 2.44. The molecule has 1 aliphatic heterocycles. The standard InChI is InChI=1S/C16H21FN2O2/c1-11(2)15-16(21)19(10-8-14(20)18-15)9-7-12-3-5-13(17)6-4-12/h3-6,11,15H,7-10H2,1-2H3,(H,18,20). The zero-order valence-electron chi connectivity index (χ0n) is 12.4. The first-order valence-electron chi connectivity index (χ1n) is 7.30. The van der Waals surface area contributed by atoms with Gasteiger partial charge in [-0.25, -0.2) is 4.39 Å². The highest BCUT2D eigenvalue weighted by atomic mass is 19.1. The largest absolute Gasteiger partial charge is 0.344 e. The maximum Gasteiger partial charge on any atom is 0.245 e. The van der Waals surface area contributed by atoms with Crippen molar-refractivity contribution in [3.63, 3.8) is 0 Å². The quantitative estimate of drug-likeness (QED) is 0.919. The van der Waals surface area contributed by atoms with Gasteiger partial charge < -0.3 is 10.2 Å². The van der Waals surface area contributed by atoms with Crippen LogP contribution >= 0.6 is 0 Å². The maximum atomic E-state index is 12.9. The second-order valence-corrected chi connectivity index (χ2v) is 5.74. The number of hydrogen-bond acceptors (Lipinski definition) is 2. The number of halogens is 1. The summed E-state index contributed by atoms with van der Waals surface area (Å²) in [6.45, 7) is 4.83. The number of nitrogens with one attached hydrogen (secondary N) is 1. The fraction of sp³-hybridized carbons (Fsp3) is 0.500. The molecule has 0 aliphatic carbocycles. The van der Waals surface area contributed by atoms with Crippen LogP contribution in [0.15, 0.2) is 24.3 Å². The summed E-state index contributed by atoms with van der Waals surface area (Å²) in [6.07, 6.45) is 0.989. The molecule has 2 rings (SSSR count). The Balaban J connectivity index is 2.02. The highest BCUT2D eigenvalue weighted by Gasteiger charge is 2.31. The summed E-state index contributed by atoms with van der Waals surface area (Å²) in [5.74, 6) is -0.309. The second kappa shape index (κ2) is 6.70. The van der Waals surface area contributed by atoms with Crippen LogP contribution in [0.1, 0.15) is 25.8 Å². The van der Waals surface area contributed by atoms with Gasteiger partial charge in [0.2, 0.25) is 11.8 Å². The molecule has 1 aromatic rings. The molecule has 1 unspecified atom stereocenters.